The fourth-order valence-electron chi connectivity index (χ4n) is 3.33. The summed E-state index contributed by atoms with van der Waals surface area (Å²) in [5.74, 6) is 1.43. The Bertz CT molecular complexity index is 920. The predicted octanol–water partition coefficient (Wildman–Crippen LogP) is 2.97. The Labute approximate surface area is 157 Å². The molecule has 27 heavy (non-hydrogen) atoms. The van der Waals surface area contributed by atoms with E-state index in [0.717, 1.165) is 23.8 Å². The van der Waals surface area contributed by atoms with Gasteiger partial charge in [-0.1, -0.05) is 18.2 Å². The average Bonchev–Trinajstić information content (AvgIpc) is 3.12. The van der Waals surface area contributed by atoms with Crippen molar-refractivity contribution in [3.05, 3.63) is 48.5 Å². The smallest absolute Gasteiger partial charge is 0.289 e. The number of aromatic nitrogens is 2. The first-order chi connectivity index (χ1) is 13.1. The molecule has 0 N–H and O–H groups in total. The minimum Gasteiger partial charge on any atom is -0.470 e. The Kier molecular flexibility index (Phi) is 4.66. The number of hydrogen-bond acceptors (Lipinski definition) is 6. The van der Waals surface area contributed by atoms with Crippen molar-refractivity contribution in [2.24, 2.45) is 0 Å². The van der Waals surface area contributed by atoms with Gasteiger partial charge < -0.3 is 19.0 Å². The molecule has 7 nitrogen and oxygen atoms in total. The number of carbonyl (C=O) groups excluding carboxylic acids is 1. The van der Waals surface area contributed by atoms with Crippen molar-refractivity contribution in [2.75, 3.05) is 32.1 Å². The van der Waals surface area contributed by atoms with Gasteiger partial charge >= 0.3 is 0 Å². The minimum atomic E-state index is -0.123. The molecule has 1 aromatic carbocycles. The molecule has 4 rings (SSSR count). The molecule has 0 spiro atoms. The standard InChI is InChI=1S/C20H22N4O3/c1-23(2)18-19(22-10-9-21-18)26-15-7-5-11-24(13-15)20(25)17-12-14-6-3-4-8-16(14)27-17/h3-4,6,8-10,12,15H,5,7,11,13H2,1-2H3. The third-order valence-electron chi connectivity index (χ3n) is 4.65. The zero-order valence-electron chi connectivity index (χ0n) is 15.5. The second kappa shape index (κ2) is 7.26. The molecule has 1 aliphatic heterocycles. The van der Waals surface area contributed by atoms with Gasteiger partial charge in [0.05, 0.1) is 6.54 Å². The van der Waals surface area contributed by atoms with E-state index in [9.17, 15) is 4.79 Å². The van der Waals surface area contributed by atoms with Crippen molar-refractivity contribution < 1.29 is 13.9 Å². The van der Waals surface area contributed by atoms with Crippen molar-refractivity contribution in [3.8, 4) is 5.88 Å². The van der Waals surface area contributed by atoms with E-state index in [4.69, 9.17) is 9.15 Å². The molecule has 1 atom stereocenters. The zero-order chi connectivity index (χ0) is 18.8. The van der Waals surface area contributed by atoms with Gasteiger partial charge in [0.1, 0.15) is 11.7 Å². The Hall–Kier alpha value is -3.09. The van der Waals surface area contributed by atoms with E-state index >= 15 is 0 Å². The number of para-hydroxylation sites is 1. The van der Waals surface area contributed by atoms with Crippen LogP contribution in [0.15, 0.2) is 47.1 Å². The average molecular weight is 366 g/mol. The monoisotopic (exact) mass is 366 g/mol. The van der Waals surface area contributed by atoms with Crippen LogP contribution in [0.4, 0.5) is 5.82 Å². The summed E-state index contributed by atoms with van der Waals surface area (Å²) in [4.78, 5) is 25.2. The lowest BCUT2D eigenvalue weighted by Crippen LogP contribution is -2.44. The summed E-state index contributed by atoms with van der Waals surface area (Å²) >= 11 is 0. The Morgan fingerprint density at radius 1 is 1.26 bits per heavy atom. The maximum Gasteiger partial charge on any atom is 0.289 e. The van der Waals surface area contributed by atoms with Crippen molar-refractivity contribution in [3.63, 3.8) is 0 Å². The SMILES string of the molecule is CN(C)c1nccnc1OC1CCCN(C(=O)c2cc3ccccc3o2)C1. The summed E-state index contributed by atoms with van der Waals surface area (Å²) in [7, 11) is 3.80. The number of fused-ring (bicyclic) bond motifs is 1. The number of carbonyl (C=O) groups is 1. The molecule has 140 valence electrons. The van der Waals surface area contributed by atoms with Crippen LogP contribution in [0, 0.1) is 0 Å². The second-order valence-electron chi connectivity index (χ2n) is 6.86. The molecular weight excluding hydrogens is 344 g/mol. The second-order valence-corrected chi connectivity index (χ2v) is 6.86. The van der Waals surface area contributed by atoms with Crippen LogP contribution in [0.3, 0.4) is 0 Å². The zero-order valence-corrected chi connectivity index (χ0v) is 15.5. The number of ether oxygens (including phenoxy) is 1. The summed E-state index contributed by atoms with van der Waals surface area (Å²) < 4.78 is 11.8. The topological polar surface area (TPSA) is 71.7 Å². The van der Waals surface area contributed by atoms with E-state index in [1.807, 2.05) is 43.3 Å². The van der Waals surface area contributed by atoms with Gasteiger partial charge in [-0.2, -0.15) is 0 Å². The summed E-state index contributed by atoms with van der Waals surface area (Å²) in [6.07, 6.45) is 4.87. The number of furan rings is 1. The number of rotatable bonds is 4. The predicted molar refractivity (Wildman–Crippen MR) is 102 cm³/mol. The van der Waals surface area contributed by atoms with Crippen molar-refractivity contribution in [1.29, 1.82) is 0 Å². The lowest BCUT2D eigenvalue weighted by atomic mass is 10.1. The van der Waals surface area contributed by atoms with E-state index < -0.39 is 0 Å². The van der Waals surface area contributed by atoms with Crippen molar-refractivity contribution in [2.45, 2.75) is 18.9 Å². The van der Waals surface area contributed by atoms with Crippen LogP contribution in [0.2, 0.25) is 0 Å². The number of hydrogen-bond donors (Lipinski definition) is 0. The summed E-state index contributed by atoms with van der Waals surface area (Å²) in [6, 6.07) is 9.43. The number of amides is 1. The molecule has 1 unspecified atom stereocenters. The first kappa shape index (κ1) is 17.3. The highest BCUT2D eigenvalue weighted by atomic mass is 16.5. The van der Waals surface area contributed by atoms with Crippen LogP contribution in [0.1, 0.15) is 23.4 Å². The van der Waals surface area contributed by atoms with Crippen LogP contribution < -0.4 is 9.64 Å². The van der Waals surface area contributed by atoms with Gasteiger partial charge in [-0.05, 0) is 25.0 Å². The summed E-state index contributed by atoms with van der Waals surface area (Å²) in [5, 5.41) is 0.931. The number of likely N-dealkylation sites (tertiary alicyclic amines) is 1. The van der Waals surface area contributed by atoms with Gasteiger partial charge in [-0.3, -0.25) is 4.79 Å². The molecular formula is C20H22N4O3. The van der Waals surface area contributed by atoms with Crippen molar-refractivity contribution in [1.82, 2.24) is 14.9 Å². The third-order valence-corrected chi connectivity index (χ3v) is 4.65. The molecule has 3 aromatic rings. The Balaban J connectivity index is 1.49. The first-order valence-electron chi connectivity index (χ1n) is 9.04. The minimum absolute atomic E-state index is 0.105. The quantitative estimate of drug-likeness (QED) is 0.707. The van der Waals surface area contributed by atoms with E-state index in [0.29, 0.717) is 30.5 Å². The fourth-order valence-corrected chi connectivity index (χ4v) is 3.33. The van der Waals surface area contributed by atoms with Crippen molar-refractivity contribution >= 4 is 22.7 Å². The molecule has 1 amide bonds. The lowest BCUT2D eigenvalue weighted by Gasteiger charge is -2.32. The summed E-state index contributed by atoms with van der Waals surface area (Å²) in [6.45, 7) is 1.19. The van der Waals surface area contributed by atoms with Gasteiger partial charge in [0, 0.05) is 38.4 Å². The van der Waals surface area contributed by atoms with Gasteiger partial charge in [-0.15, -0.1) is 0 Å². The number of anilines is 1. The van der Waals surface area contributed by atoms with Gasteiger partial charge in [0.2, 0.25) is 0 Å². The lowest BCUT2D eigenvalue weighted by molar-refractivity contribution is 0.0503. The molecule has 1 saturated heterocycles. The molecule has 1 aliphatic rings. The maximum atomic E-state index is 12.9. The molecule has 0 bridgehead atoms. The van der Waals surface area contributed by atoms with E-state index in [1.54, 1.807) is 23.4 Å². The van der Waals surface area contributed by atoms with Crippen LogP contribution in [-0.2, 0) is 0 Å². The van der Waals surface area contributed by atoms with E-state index in [-0.39, 0.29) is 12.0 Å². The Morgan fingerprint density at radius 2 is 2.07 bits per heavy atom. The molecule has 0 aliphatic carbocycles. The fraction of sp³-hybridized carbons (Fsp3) is 0.350. The highest BCUT2D eigenvalue weighted by molar-refractivity contribution is 5.96. The number of piperidine rings is 1. The normalized spacial score (nSPS) is 17.1. The van der Waals surface area contributed by atoms with Gasteiger partial charge in [-0.25, -0.2) is 9.97 Å². The molecule has 2 aromatic heterocycles. The third kappa shape index (κ3) is 3.58. The van der Waals surface area contributed by atoms with Crippen LogP contribution in [0.25, 0.3) is 11.0 Å². The number of benzene rings is 1. The highest BCUT2D eigenvalue weighted by Crippen LogP contribution is 2.26. The van der Waals surface area contributed by atoms with E-state index in [1.165, 1.54) is 0 Å². The van der Waals surface area contributed by atoms with Crippen LogP contribution in [0.5, 0.6) is 5.88 Å². The maximum absolute atomic E-state index is 12.9. The molecule has 0 radical (unpaired) electrons. The van der Waals surface area contributed by atoms with Gasteiger partial charge in [0.25, 0.3) is 11.8 Å². The molecule has 0 saturated carbocycles. The molecule has 1 fully saturated rings. The first-order valence-corrected chi connectivity index (χ1v) is 9.04. The number of nitrogens with zero attached hydrogens (tertiary/aromatic N) is 4. The Morgan fingerprint density at radius 3 is 2.89 bits per heavy atom. The van der Waals surface area contributed by atoms with Crippen LogP contribution >= 0.6 is 0 Å². The summed E-state index contributed by atoms with van der Waals surface area (Å²) in [5.41, 5.74) is 0.723. The molecule has 3 heterocycles. The largest absolute Gasteiger partial charge is 0.470 e. The van der Waals surface area contributed by atoms with Gasteiger partial charge in [0.15, 0.2) is 11.6 Å². The van der Waals surface area contributed by atoms with Crippen LogP contribution in [-0.4, -0.2) is 54.1 Å². The molecule has 7 heteroatoms. The van der Waals surface area contributed by atoms with E-state index in [2.05, 4.69) is 9.97 Å². The highest BCUT2D eigenvalue weighted by Gasteiger charge is 2.28.